The molecule has 0 aromatic carbocycles. The number of hydrogen-bond donors (Lipinski definition) is 4. The van der Waals surface area contributed by atoms with Crippen molar-refractivity contribution in [2.45, 2.75) is 70.0 Å². The molecule has 0 radical (unpaired) electrons. The van der Waals surface area contributed by atoms with Crippen LogP contribution in [0, 0.1) is 0 Å². The number of rotatable bonds is 7. The summed E-state index contributed by atoms with van der Waals surface area (Å²) in [7, 11) is 1.84. The Hall–Kier alpha value is -1.11. The molecular formula is C14H28N4O2S. The second-order valence-electron chi connectivity index (χ2n) is 5.96. The van der Waals surface area contributed by atoms with Gasteiger partial charge in [-0.1, -0.05) is 0 Å². The highest BCUT2D eigenvalue weighted by Crippen LogP contribution is 2.25. The average molecular weight is 316 g/mol. The van der Waals surface area contributed by atoms with Crippen molar-refractivity contribution in [3.8, 4) is 0 Å². The molecule has 21 heavy (non-hydrogen) atoms. The van der Waals surface area contributed by atoms with Crippen LogP contribution in [-0.4, -0.2) is 47.5 Å². The molecule has 1 saturated carbocycles. The van der Waals surface area contributed by atoms with E-state index in [4.69, 9.17) is 0 Å². The van der Waals surface area contributed by atoms with Gasteiger partial charge in [-0.3, -0.25) is 0 Å². The molecule has 0 spiro atoms. The van der Waals surface area contributed by atoms with Crippen LogP contribution in [0.5, 0.6) is 0 Å². The number of urea groups is 2. The Labute approximate surface area is 132 Å². The third kappa shape index (κ3) is 7.45. The highest BCUT2D eigenvalue weighted by molar-refractivity contribution is 7.80. The fourth-order valence-electron chi connectivity index (χ4n) is 2.04. The SMILES string of the molecule is CC(S)NC(=O)NC(C)CCC(C)NC(=O)N(C)C1CC1. The summed E-state index contributed by atoms with van der Waals surface area (Å²) >= 11 is 4.10. The maximum Gasteiger partial charge on any atom is 0.317 e. The second-order valence-corrected chi connectivity index (χ2v) is 6.74. The van der Waals surface area contributed by atoms with Crippen LogP contribution >= 0.6 is 12.6 Å². The molecule has 7 heteroatoms. The largest absolute Gasteiger partial charge is 0.336 e. The molecule has 0 aliphatic heterocycles. The van der Waals surface area contributed by atoms with Gasteiger partial charge in [-0.2, -0.15) is 12.6 Å². The number of nitrogens with one attached hydrogen (secondary N) is 3. The van der Waals surface area contributed by atoms with Gasteiger partial charge in [0.2, 0.25) is 0 Å². The third-order valence-corrected chi connectivity index (χ3v) is 3.66. The van der Waals surface area contributed by atoms with Crippen LogP contribution in [0.3, 0.4) is 0 Å². The Morgan fingerprint density at radius 1 is 1.10 bits per heavy atom. The van der Waals surface area contributed by atoms with E-state index >= 15 is 0 Å². The number of carbonyl (C=O) groups is 2. The lowest BCUT2D eigenvalue weighted by Crippen LogP contribution is -2.45. The molecule has 1 fully saturated rings. The third-order valence-electron chi connectivity index (χ3n) is 3.53. The molecule has 0 bridgehead atoms. The topological polar surface area (TPSA) is 73.5 Å². The predicted molar refractivity (Wildman–Crippen MR) is 87.6 cm³/mol. The highest BCUT2D eigenvalue weighted by atomic mass is 32.1. The summed E-state index contributed by atoms with van der Waals surface area (Å²) in [4.78, 5) is 25.2. The maximum atomic E-state index is 11.9. The molecule has 0 saturated heterocycles. The molecule has 3 unspecified atom stereocenters. The van der Waals surface area contributed by atoms with Crippen molar-refractivity contribution in [2.75, 3.05) is 7.05 Å². The first-order valence-electron chi connectivity index (χ1n) is 7.58. The summed E-state index contributed by atoms with van der Waals surface area (Å²) in [5.74, 6) is 0. The zero-order valence-corrected chi connectivity index (χ0v) is 14.2. The lowest BCUT2D eigenvalue weighted by Gasteiger charge is -2.22. The molecule has 4 amide bonds. The van der Waals surface area contributed by atoms with Crippen molar-refractivity contribution in [2.24, 2.45) is 0 Å². The van der Waals surface area contributed by atoms with E-state index in [2.05, 4.69) is 28.6 Å². The molecule has 122 valence electrons. The van der Waals surface area contributed by atoms with E-state index < -0.39 is 0 Å². The predicted octanol–water partition coefficient (Wildman–Crippen LogP) is 1.92. The molecule has 0 aromatic rings. The quantitative estimate of drug-likeness (QED) is 0.428. The Balaban J connectivity index is 2.17. The van der Waals surface area contributed by atoms with Crippen LogP contribution in [0.25, 0.3) is 0 Å². The van der Waals surface area contributed by atoms with Gasteiger partial charge in [0.25, 0.3) is 0 Å². The Kier molecular flexibility index (Phi) is 7.14. The number of hydrogen-bond acceptors (Lipinski definition) is 3. The second kappa shape index (κ2) is 8.36. The Morgan fingerprint density at radius 2 is 1.62 bits per heavy atom. The minimum absolute atomic E-state index is 0.00717. The summed E-state index contributed by atoms with van der Waals surface area (Å²) in [6, 6.07) is 0.347. The minimum Gasteiger partial charge on any atom is -0.336 e. The van der Waals surface area contributed by atoms with E-state index in [0.29, 0.717) is 6.04 Å². The molecule has 3 atom stereocenters. The Bertz CT molecular complexity index is 361. The van der Waals surface area contributed by atoms with Gasteiger partial charge in [0.05, 0.1) is 5.37 Å². The van der Waals surface area contributed by atoms with E-state index in [-0.39, 0.29) is 29.5 Å². The molecule has 6 nitrogen and oxygen atoms in total. The van der Waals surface area contributed by atoms with Gasteiger partial charge in [-0.05, 0) is 46.5 Å². The van der Waals surface area contributed by atoms with Crippen molar-refractivity contribution >= 4 is 24.7 Å². The number of nitrogens with zero attached hydrogens (tertiary/aromatic N) is 1. The van der Waals surface area contributed by atoms with Gasteiger partial charge in [-0.15, -0.1) is 0 Å². The van der Waals surface area contributed by atoms with Crippen molar-refractivity contribution in [1.82, 2.24) is 20.9 Å². The van der Waals surface area contributed by atoms with E-state index in [9.17, 15) is 9.59 Å². The fourth-order valence-corrected chi connectivity index (χ4v) is 2.16. The van der Waals surface area contributed by atoms with Gasteiger partial charge in [-0.25, -0.2) is 9.59 Å². The van der Waals surface area contributed by atoms with Crippen LogP contribution in [0.1, 0.15) is 46.5 Å². The molecule has 1 aliphatic carbocycles. The smallest absolute Gasteiger partial charge is 0.317 e. The maximum absolute atomic E-state index is 11.9. The monoisotopic (exact) mass is 316 g/mol. The van der Waals surface area contributed by atoms with Gasteiger partial charge >= 0.3 is 12.1 Å². The highest BCUT2D eigenvalue weighted by Gasteiger charge is 2.29. The van der Waals surface area contributed by atoms with Crippen molar-refractivity contribution in [1.29, 1.82) is 0 Å². The molecule has 1 aliphatic rings. The van der Waals surface area contributed by atoms with Crippen LogP contribution in [0.2, 0.25) is 0 Å². The van der Waals surface area contributed by atoms with Gasteiger partial charge in [0.1, 0.15) is 0 Å². The minimum atomic E-state index is -0.213. The molecule has 1 rings (SSSR count). The molecule has 0 heterocycles. The number of amides is 4. The summed E-state index contributed by atoms with van der Waals surface area (Å²) in [5.41, 5.74) is 0. The van der Waals surface area contributed by atoms with Gasteiger partial charge in [0, 0.05) is 25.2 Å². The van der Waals surface area contributed by atoms with Crippen LogP contribution in [0.4, 0.5) is 9.59 Å². The summed E-state index contributed by atoms with van der Waals surface area (Å²) < 4.78 is 0. The van der Waals surface area contributed by atoms with Crippen molar-refractivity contribution in [3.05, 3.63) is 0 Å². The summed E-state index contributed by atoms with van der Waals surface area (Å²) in [6.07, 6.45) is 3.85. The van der Waals surface area contributed by atoms with Crippen molar-refractivity contribution in [3.63, 3.8) is 0 Å². The Morgan fingerprint density at radius 3 is 2.10 bits per heavy atom. The zero-order valence-electron chi connectivity index (χ0n) is 13.3. The lowest BCUT2D eigenvalue weighted by atomic mass is 10.1. The van der Waals surface area contributed by atoms with Crippen LogP contribution in [0.15, 0.2) is 0 Å². The zero-order chi connectivity index (χ0) is 16.0. The van der Waals surface area contributed by atoms with E-state index in [1.807, 2.05) is 20.9 Å². The lowest BCUT2D eigenvalue weighted by molar-refractivity contribution is 0.202. The van der Waals surface area contributed by atoms with Crippen molar-refractivity contribution < 1.29 is 9.59 Å². The number of thiol groups is 1. The first-order chi connectivity index (χ1) is 9.79. The summed E-state index contributed by atoms with van der Waals surface area (Å²) in [6.45, 7) is 5.73. The van der Waals surface area contributed by atoms with E-state index in [1.165, 1.54) is 0 Å². The first kappa shape index (κ1) is 17.9. The normalized spacial score (nSPS) is 18.3. The first-order valence-corrected chi connectivity index (χ1v) is 8.09. The van der Waals surface area contributed by atoms with E-state index in [0.717, 1.165) is 25.7 Å². The molecule has 0 aromatic heterocycles. The molecular weight excluding hydrogens is 288 g/mol. The van der Waals surface area contributed by atoms with Crippen LogP contribution in [-0.2, 0) is 0 Å². The van der Waals surface area contributed by atoms with E-state index in [1.54, 1.807) is 11.8 Å². The van der Waals surface area contributed by atoms with Crippen LogP contribution < -0.4 is 16.0 Å². The van der Waals surface area contributed by atoms with Gasteiger partial charge in [0.15, 0.2) is 0 Å². The standard InChI is InChI=1S/C14H28N4O2S/c1-9(15-13(19)17-11(3)21)5-6-10(2)16-14(20)18(4)12-7-8-12/h9-12,21H,5-8H2,1-4H3,(H,16,20)(H2,15,17,19). The summed E-state index contributed by atoms with van der Waals surface area (Å²) in [5, 5.41) is 8.33. The fraction of sp³-hybridized carbons (Fsp3) is 0.857. The molecule has 3 N–H and O–H groups in total. The van der Waals surface area contributed by atoms with Gasteiger partial charge < -0.3 is 20.9 Å². The number of carbonyl (C=O) groups excluding carboxylic acids is 2. The average Bonchev–Trinajstić information content (AvgIpc) is 3.18.